The highest BCUT2D eigenvalue weighted by Crippen LogP contribution is 2.18. The van der Waals surface area contributed by atoms with Crippen LogP contribution in [0.25, 0.3) is 5.78 Å². The summed E-state index contributed by atoms with van der Waals surface area (Å²) in [4.78, 5) is 38.0. The van der Waals surface area contributed by atoms with Crippen molar-refractivity contribution < 1.29 is 14.3 Å². The fourth-order valence-corrected chi connectivity index (χ4v) is 4.08. The third-order valence-corrected chi connectivity index (χ3v) is 5.55. The summed E-state index contributed by atoms with van der Waals surface area (Å²) in [5.74, 6) is 0.588. The van der Waals surface area contributed by atoms with Crippen molar-refractivity contribution >= 4 is 17.7 Å². The third-order valence-electron chi connectivity index (χ3n) is 5.55. The van der Waals surface area contributed by atoms with Gasteiger partial charge in [0.1, 0.15) is 0 Å². The number of aromatic nitrogens is 4. The van der Waals surface area contributed by atoms with Crippen LogP contribution in [0.4, 0.5) is 0 Å². The molecule has 1 amide bonds. The van der Waals surface area contributed by atoms with Gasteiger partial charge in [-0.2, -0.15) is 4.98 Å². The summed E-state index contributed by atoms with van der Waals surface area (Å²) < 4.78 is 6.70. The van der Waals surface area contributed by atoms with Crippen LogP contribution >= 0.6 is 0 Å². The molecule has 1 aliphatic heterocycles. The number of amides is 1. The van der Waals surface area contributed by atoms with Crippen molar-refractivity contribution in [2.45, 2.75) is 59.4 Å². The van der Waals surface area contributed by atoms with Gasteiger partial charge in [-0.15, -0.1) is 5.10 Å². The molecule has 0 radical (unpaired) electrons. The number of ether oxygens (including phenoxy) is 1. The molecule has 1 aliphatic rings. The second-order valence-electron chi connectivity index (χ2n) is 7.77. The van der Waals surface area contributed by atoms with Crippen molar-refractivity contribution in [3.63, 3.8) is 0 Å². The molecule has 9 heteroatoms. The minimum Gasteiger partial charge on any atom is -0.466 e. The summed E-state index contributed by atoms with van der Waals surface area (Å²) in [6, 6.07) is 2.25. The van der Waals surface area contributed by atoms with Crippen LogP contribution in [0.15, 0.2) is 6.07 Å². The highest BCUT2D eigenvalue weighted by molar-refractivity contribution is 5.79. The monoisotopic (exact) mass is 416 g/mol. The van der Waals surface area contributed by atoms with E-state index in [1.54, 1.807) is 16.3 Å². The molecule has 1 fully saturated rings. The topological polar surface area (TPSA) is 92.9 Å². The smallest absolute Gasteiger partial charge is 0.307 e. The first-order valence-corrected chi connectivity index (χ1v) is 10.8. The fourth-order valence-electron chi connectivity index (χ4n) is 4.08. The fraction of sp³-hybridized carbons (Fsp3) is 0.667. The lowest BCUT2D eigenvalue weighted by molar-refractivity contribution is -0.144. The van der Waals surface area contributed by atoms with Gasteiger partial charge >= 0.3 is 5.97 Å². The molecular weight excluding hydrogens is 384 g/mol. The summed E-state index contributed by atoms with van der Waals surface area (Å²) in [7, 11) is 0. The van der Waals surface area contributed by atoms with Crippen LogP contribution < -0.4 is 0 Å². The van der Waals surface area contributed by atoms with Gasteiger partial charge in [0.05, 0.1) is 19.4 Å². The van der Waals surface area contributed by atoms with Crippen molar-refractivity contribution in [1.29, 1.82) is 0 Å². The number of carbonyl (C=O) groups excluding carboxylic acids is 2. The molecule has 0 spiro atoms. The molecule has 3 heterocycles. The lowest BCUT2D eigenvalue weighted by atomic mass is 10.2. The minimum absolute atomic E-state index is 0.0764. The lowest BCUT2D eigenvalue weighted by Crippen LogP contribution is -2.44. The predicted molar refractivity (Wildman–Crippen MR) is 112 cm³/mol. The van der Waals surface area contributed by atoms with Crippen molar-refractivity contribution in [2.24, 2.45) is 0 Å². The second-order valence-corrected chi connectivity index (χ2v) is 7.77. The quantitative estimate of drug-likeness (QED) is 0.573. The average Bonchev–Trinajstić information content (AvgIpc) is 3.31. The Hall–Kier alpha value is -2.55. The number of hydrogen-bond acceptors (Lipinski definition) is 7. The van der Waals surface area contributed by atoms with Crippen molar-refractivity contribution in [2.75, 3.05) is 32.8 Å². The van der Waals surface area contributed by atoms with Crippen LogP contribution in [0.2, 0.25) is 0 Å². The minimum atomic E-state index is -0.282. The van der Waals surface area contributed by atoms with Gasteiger partial charge < -0.3 is 9.64 Å². The number of aryl methyl sites for hydroxylation is 2. The predicted octanol–water partition coefficient (Wildman–Crippen LogP) is 1.55. The molecule has 3 rings (SSSR count). The summed E-state index contributed by atoms with van der Waals surface area (Å²) in [5, 5.41) is 4.46. The van der Waals surface area contributed by atoms with Gasteiger partial charge in [0.15, 0.2) is 5.82 Å². The average molecular weight is 417 g/mol. The van der Waals surface area contributed by atoms with E-state index in [4.69, 9.17) is 4.74 Å². The van der Waals surface area contributed by atoms with Crippen LogP contribution in [0.1, 0.15) is 50.3 Å². The molecule has 2 aromatic rings. The Morgan fingerprint density at radius 1 is 1.27 bits per heavy atom. The number of esters is 1. The maximum Gasteiger partial charge on any atom is 0.307 e. The highest BCUT2D eigenvalue weighted by Gasteiger charge is 2.28. The molecule has 1 atom stereocenters. The lowest BCUT2D eigenvalue weighted by Gasteiger charge is -2.30. The van der Waals surface area contributed by atoms with Gasteiger partial charge in [-0.25, -0.2) is 9.50 Å². The summed E-state index contributed by atoms with van der Waals surface area (Å²) in [6.07, 6.45) is 2.48. The van der Waals surface area contributed by atoms with Gasteiger partial charge in [0.2, 0.25) is 5.91 Å². The number of carbonyl (C=O) groups is 2. The van der Waals surface area contributed by atoms with Crippen molar-refractivity contribution in [1.82, 2.24) is 29.4 Å². The molecule has 0 saturated carbocycles. The number of hydrogen-bond donors (Lipinski definition) is 0. The van der Waals surface area contributed by atoms with E-state index in [1.807, 2.05) is 19.9 Å². The highest BCUT2D eigenvalue weighted by atomic mass is 16.5. The van der Waals surface area contributed by atoms with Crippen LogP contribution in [0.3, 0.4) is 0 Å². The first-order valence-electron chi connectivity index (χ1n) is 10.8. The van der Waals surface area contributed by atoms with E-state index in [0.29, 0.717) is 37.3 Å². The van der Waals surface area contributed by atoms with E-state index >= 15 is 0 Å². The van der Waals surface area contributed by atoms with E-state index in [-0.39, 0.29) is 24.7 Å². The summed E-state index contributed by atoms with van der Waals surface area (Å²) in [5.41, 5.74) is 1.79. The van der Waals surface area contributed by atoms with Crippen LogP contribution in [0, 0.1) is 13.8 Å². The molecule has 0 N–H and O–H groups in total. The van der Waals surface area contributed by atoms with Crippen LogP contribution in [-0.4, -0.2) is 80.1 Å². The molecule has 9 nitrogen and oxygen atoms in total. The Labute approximate surface area is 177 Å². The zero-order valence-electron chi connectivity index (χ0n) is 18.4. The molecule has 30 heavy (non-hydrogen) atoms. The zero-order valence-corrected chi connectivity index (χ0v) is 18.4. The van der Waals surface area contributed by atoms with E-state index in [0.717, 1.165) is 37.3 Å². The van der Waals surface area contributed by atoms with Crippen LogP contribution in [-0.2, 0) is 20.7 Å². The summed E-state index contributed by atoms with van der Waals surface area (Å²) in [6.45, 7) is 11.1. The molecule has 0 bridgehead atoms. The van der Waals surface area contributed by atoms with Gasteiger partial charge in [0, 0.05) is 30.5 Å². The maximum atomic E-state index is 13.1. The number of fused-ring (bicyclic) bond motifs is 1. The molecular formula is C21H32N6O3. The van der Waals surface area contributed by atoms with E-state index in [9.17, 15) is 9.59 Å². The molecule has 0 aliphatic carbocycles. The second kappa shape index (κ2) is 9.97. The molecule has 1 saturated heterocycles. The van der Waals surface area contributed by atoms with E-state index in [1.165, 1.54) is 0 Å². The van der Waals surface area contributed by atoms with Gasteiger partial charge in [-0.1, -0.05) is 6.92 Å². The van der Waals surface area contributed by atoms with Crippen molar-refractivity contribution in [3.8, 4) is 0 Å². The summed E-state index contributed by atoms with van der Waals surface area (Å²) >= 11 is 0. The largest absolute Gasteiger partial charge is 0.466 e. The Bertz CT molecular complexity index is 896. The Kier molecular flexibility index (Phi) is 7.36. The zero-order chi connectivity index (χ0) is 21.7. The number of nitrogens with zero attached hydrogens (tertiary/aromatic N) is 6. The van der Waals surface area contributed by atoms with Crippen molar-refractivity contribution in [3.05, 3.63) is 23.3 Å². The number of likely N-dealkylation sites (tertiary alicyclic amines) is 1. The number of likely N-dealkylation sites (N-methyl/N-ethyl adjacent to an activating group) is 1. The Morgan fingerprint density at radius 2 is 2.07 bits per heavy atom. The maximum absolute atomic E-state index is 13.1. The first-order chi connectivity index (χ1) is 14.4. The molecule has 1 unspecified atom stereocenters. The van der Waals surface area contributed by atoms with E-state index in [2.05, 4.69) is 26.9 Å². The van der Waals surface area contributed by atoms with Gasteiger partial charge in [0.25, 0.3) is 5.78 Å². The Balaban J connectivity index is 1.73. The normalized spacial score (nSPS) is 16.9. The standard InChI is InChI=1S/C21H32N6O3/c1-5-25-10-7-8-17(25)14-26(11-9-20(29)30-6-2)19(28)13-18-23-21-22-15(3)12-16(4)27(21)24-18/h12,17H,5-11,13-14H2,1-4H3. The van der Waals surface area contributed by atoms with Gasteiger partial charge in [-0.3, -0.25) is 14.5 Å². The van der Waals surface area contributed by atoms with E-state index < -0.39 is 0 Å². The van der Waals surface area contributed by atoms with Gasteiger partial charge in [-0.05, 0) is 52.8 Å². The SMILES string of the molecule is CCOC(=O)CCN(CC1CCCN1CC)C(=O)Cc1nc2nc(C)cc(C)n2n1. The third kappa shape index (κ3) is 5.33. The molecule has 0 aromatic carbocycles. The number of rotatable bonds is 9. The van der Waals surface area contributed by atoms with Crippen LogP contribution in [0.5, 0.6) is 0 Å². The first kappa shape index (κ1) is 22.1. The molecule has 2 aromatic heterocycles. The molecule has 164 valence electrons. The Morgan fingerprint density at radius 3 is 2.80 bits per heavy atom.